The van der Waals surface area contributed by atoms with Crippen LogP contribution < -0.4 is 5.56 Å². The maximum Gasteiger partial charge on any atom is 0.270 e. The van der Waals surface area contributed by atoms with E-state index in [2.05, 4.69) is 4.98 Å². The number of hydrogen-bond acceptors (Lipinski definition) is 4. The number of nitrogens with zero attached hydrogens (tertiary/aromatic N) is 1. The van der Waals surface area contributed by atoms with Crippen molar-refractivity contribution in [1.29, 1.82) is 0 Å². The van der Waals surface area contributed by atoms with E-state index in [1.54, 1.807) is 0 Å². The number of hydrogen-bond donors (Lipinski definition) is 2. The number of H-pyrrole nitrogens is 1. The van der Waals surface area contributed by atoms with E-state index < -0.39 is 4.92 Å². The molecule has 0 bridgehead atoms. The van der Waals surface area contributed by atoms with Crippen molar-refractivity contribution in [3.63, 3.8) is 0 Å². The number of pyridine rings is 1. The van der Waals surface area contributed by atoms with Crippen molar-refractivity contribution in [2.24, 2.45) is 0 Å². The van der Waals surface area contributed by atoms with Crippen molar-refractivity contribution in [2.45, 2.75) is 19.8 Å². The lowest BCUT2D eigenvalue weighted by Gasteiger charge is -2.06. The fraction of sp³-hybridized carbons (Fsp3) is 0.250. The smallest absolute Gasteiger partial charge is 0.270 e. The Kier molecular flexibility index (Phi) is 3.01. The maximum absolute atomic E-state index is 11.7. The van der Waals surface area contributed by atoms with E-state index in [-0.39, 0.29) is 22.6 Å². The summed E-state index contributed by atoms with van der Waals surface area (Å²) in [5.41, 5.74) is 0.191. The lowest BCUT2D eigenvalue weighted by molar-refractivity contribution is -0.384. The fourth-order valence-electron chi connectivity index (χ4n) is 1.90. The number of rotatable bonds is 3. The molecule has 6 heteroatoms. The lowest BCUT2D eigenvalue weighted by atomic mass is 10.1. The highest BCUT2D eigenvalue weighted by atomic mass is 16.6. The summed E-state index contributed by atoms with van der Waals surface area (Å²) in [7, 11) is 0. The van der Waals surface area contributed by atoms with Crippen LogP contribution in [0.1, 0.15) is 18.9 Å². The lowest BCUT2D eigenvalue weighted by Crippen LogP contribution is -2.12. The standard InChI is InChI=1S/C12H12N2O4/c1-2-3-8-11(15)9-6-7(14(17)18)4-5-10(9)13-12(8)16/h4-6H,2-3H2,1H3,(H2,13,15,16). The second-order valence-corrected chi connectivity index (χ2v) is 4.02. The van der Waals surface area contributed by atoms with Crippen molar-refractivity contribution >= 4 is 16.6 Å². The molecule has 18 heavy (non-hydrogen) atoms. The van der Waals surface area contributed by atoms with Crippen LogP contribution in [0.4, 0.5) is 5.69 Å². The van der Waals surface area contributed by atoms with Gasteiger partial charge in [-0.2, -0.15) is 0 Å². The molecule has 0 fully saturated rings. The van der Waals surface area contributed by atoms with Crippen molar-refractivity contribution in [3.8, 4) is 5.75 Å². The Morgan fingerprint density at radius 3 is 2.78 bits per heavy atom. The molecule has 94 valence electrons. The Morgan fingerprint density at radius 1 is 1.44 bits per heavy atom. The molecular formula is C12H12N2O4. The van der Waals surface area contributed by atoms with Gasteiger partial charge in [0.15, 0.2) is 0 Å². The Morgan fingerprint density at radius 2 is 2.17 bits per heavy atom. The quantitative estimate of drug-likeness (QED) is 0.642. The fourth-order valence-corrected chi connectivity index (χ4v) is 1.90. The summed E-state index contributed by atoms with van der Waals surface area (Å²) in [4.78, 5) is 24.5. The van der Waals surface area contributed by atoms with Gasteiger partial charge in [0.25, 0.3) is 11.2 Å². The van der Waals surface area contributed by atoms with Crippen LogP contribution in [0.2, 0.25) is 0 Å². The van der Waals surface area contributed by atoms with Crippen LogP contribution in [-0.2, 0) is 6.42 Å². The van der Waals surface area contributed by atoms with Gasteiger partial charge in [0, 0.05) is 17.5 Å². The topological polar surface area (TPSA) is 96.2 Å². The summed E-state index contributed by atoms with van der Waals surface area (Å²) >= 11 is 0. The van der Waals surface area contributed by atoms with E-state index in [4.69, 9.17) is 0 Å². The molecule has 1 aromatic carbocycles. The highest BCUT2D eigenvalue weighted by Crippen LogP contribution is 2.28. The molecule has 0 spiro atoms. The van der Waals surface area contributed by atoms with E-state index in [0.717, 1.165) is 0 Å². The number of nitrogens with one attached hydrogen (secondary N) is 1. The van der Waals surface area contributed by atoms with Gasteiger partial charge in [-0.3, -0.25) is 14.9 Å². The van der Waals surface area contributed by atoms with Crippen molar-refractivity contribution in [1.82, 2.24) is 4.98 Å². The van der Waals surface area contributed by atoms with Gasteiger partial charge in [-0.15, -0.1) is 0 Å². The summed E-state index contributed by atoms with van der Waals surface area (Å²) in [5, 5.41) is 21.0. The molecule has 0 atom stereocenters. The third-order valence-corrected chi connectivity index (χ3v) is 2.78. The van der Waals surface area contributed by atoms with E-state index in [1.165, 1.54) is 18.2 Å². The molecule has 0 aliphatic carbocycles. The van der Waals surface area contributed by atoms with Crippen LogP contribution in [0.25, 0.3) is 10.9 Å². The molecule has 2 rings (SSSR count). The van der Waals surface area contributed by atoms with Crippen molar-refractivity contribution < 1.29 is 10.0 Å². The van der Waals surface area contributed by atoms with Gasteiger partial charge in [-0.05, 0) is 12.5 Å². The zero-order valence-corrected chi connectivity index (χ0v) is 9.77. The molecule has 2 N–H and O–H groups in total. The summed E-state index contributed by atoms with van der Waals surface area (Å²) in [6.07, 6.45) is 1.14. The van der Waals surface area contributed by atoms with Gasteiger partial charge >= 0.3 is 0 Å². The van der Waals surface area contributed by atoms with Crippen LogP contribution in [0, 0.1) is 10.1 Å². The molecule has 1 aromatic heterocycles. The largest absolute Gasteiger partial charge is 0.507 e. The van der Waals surface area contributed by atoms with Gasteiger partial charge in [-0.25, -0.2) is 0 Å². The van der Waals surface area contributed by atoms with E-state index in [9.17, 15) is 20.0 Å². The van der Waals surface area contributed by atoms with Gasteiger partial charge < -0.3 is 10.1 Å². The maximum atomic E-state index is 11.7. The Bertz CT molecular complexity index is 676. The molecule has 0 radical (unpaired) electrons. The third-order valence-electron chi connectivity index (χ3n) is 2.78. The normalized spacial score (nSPS) is 10.7. The van der Waals surface area contributed by atoms with Crippen LogP contribution >= 0.6 is 0 Å². The Labute approximate surface area is 102 Å². The van der Waals surface area contributed by atoms with E-state index in [1.807, 2.05) is 6.92 Å². The van der Waals surface area contributed by atoms with Crippen LogP contribution in [0.3, 0.4) is 0 Å². The van der Waals surface area contributed by atoms with E-state index >= 15 is 0 Å². The Balaban J connectivity index is 2.76. The monoisotopic (exact) mass is 248 g/mol. The van der Waals surface area contributed by atoms with Crippen LogP contribution in [0.5, 0.6) is 5.75 Å². The zero-order chi connectivity index (χ0) is 13.3. The number of benzene rings is 1. The number of aromatic amines is 1. The first-order chi connectivity index (χ1) is 8.54. The first-order valence-electron chi connectivity index (χ1n) is 5.57. The number of aromatic nitrogens is 1. The number of fused-ring (bicyclic) bond motifs is 1. The highest BCUT2D eigenvalue weighted by Gasteiger charge is 2.14. The van der Waals surface area contributed by atoms with Gasteiger partial charge in [0.2, 0.25) is 0 Å². The number of non-ortho nitro benzene ring substituents is 1. The van der Waals surface area contributed by atoms with Crippen LogP contribution in [0.15, 0.2) is 23.0 Å². The molecule has 0 aliphatic rings. The minimum absolute atomic E-state index is 0.118. The summed E-state index contributed by atoms with van der Waals surface area (Å²) in [5.74, 6) is -0.167. The van der Waals surface area contributed by atoms with Gasteiger partial charge in [-0.1, -0.05) is 13.3 Å². The second kappa shape index (κ2) is 4.48. The third kappa shape index (κ3) is 1.92. The van der Waals surface area contributed by atoms with E-state index in [0.29, 0.717) is 23.7 Å². The second-order valence-electron chi connectivity index (χ2n) is 4.02. The SMILES string of the molecule is CCCc1c(O)c2cc([N+](=O)[O-])ccc2[nH]c1=O. The molecule has 6 nitrogen and oxygen atoms in total. The first kappa shape index (κ1) is 12.1. The Hall–Kier alpha value is -2.37. The van der Waals surface area contributed by atoms with Crippen molar-refractivity contribution in [3.05, 3.63) is 44.2 Å². The molecule has 2 aromatic rings. The average Bonchev–Trinajstić information content (AvgIpc) is 2.34. The predicted octanol–water partition coefficient (Wildman–Crippen LogP) is 2.09. The van der Waals surface area contributed by atoms with Crippen molar-refractivity contribution in [2.75, 3.05) is 0 Å². The highest BCUT2D eigenvalue weighted by molar-refractivity contribution is 5.87. The minimum Gasteiger partial charge on any atom is -0.507 e. The van der Waals surface area contributed by atoms with Gasteiger partial charge in [0.05, 0.1) is 16.0 Å². The number of aromatic hydroxyl groups is 1. The minimum atomic E-state index is -0.538. The zero-order valence-electron chi connectivity index (χ0n) is 9.77. The number of nitro groups is 1. The molecule has 0 unspecified atom stereocenters. The van der Waals surface area contributed by atoms with Crippen LogP contribution in [-0.4, -0.2) is 15.0 Å². The van der Waals surface area contributed by atoms with Gasteiger partial charge in [0.1, 0.15) is 5.75 Å². The summed E-state index contributed by atoms with van der Waals surface area (Å²) in [6, 6.07) is 3.97. The molecule has 0 aliphatic heterocycles. The molecule has 0 amide bonds. The molecule has 0 saturated carbocycles. The average molecular weight is 248 g/mol. The summed E-state index contributed by atoms with van der Waals surface area (Å²) < 4.78 is 0. The first-order valence-corrected chi connectivity index (χ1v) is 5.57. The molecule has 0 saturated heterocycles. The number of nitro benzene ring substituents is 1. The predicted molar refractivity (Wildman–Crippen MR) is 66.9 cm³/mol. The molecular weight excluding hydrogens is 236 g/mol. The summed E-state index contributed by atoms with van der Waals surface area (Å²) in [6.45, 7) is 1.89. The molecule has 1 heterocycles.